The first-order chi connectivity index (χ1) is 17.4. The van der Waals surface area contributed by atoms with Crippen LogP contribution >= 0.6 is 0 Å². The Morgan fingerprint density at radius 2 is 1.72 bits per heavy atom. The molecule has 36 heavy (non-hydrogen) atoms. The van der Waals surface area contributed by atoms with Crippen LogP contribution in [-0.4, -0.2) is 12.8 Å². The number of anilines is 1. The average molecular weight is 481 g/mol. The Labute approximate surface area is 208 Å². The van der Waals surface area contributed by atoms with Crippen LogP contribution < -0.4 is 14.4 Å². The third-order valence-electron chi connectivity index (χ3n) is 7.52. The van der Waals surface area contributed by atoms with Gasteiger partial charge in [0.15, 0.2) is 11.5 Å². The summed E-state index contributed by atoms with van der Waals surface area (Å²) in [6.07, 6.45) is 4.03. The highest BCUT2D eigenvalue weighted by molar-refractivity contribution is 5.90. The monoisotopic (exact) mass is 480 g/mol. The Kier molecular flexibility index (Phi) is 4.90. The molecule has 0 bridgehead atoms. The van der Waals surface area contributed by atoms with Crippen LogP contribution in [0.3, 0.4) is 0 Å². The van der Waals surface area contributed by atoms with Crippen LogP contribution in [0, 0.1) is 10.7 Å². The summed E-state index contributed by atoms with van der Waals surface area (Å²) in [7, 11) is 1.55. The van der Waals surface area contributed by atoms with Crippen molar-refractivity contribution in [2.75, 3.05) is 12.0 Å². The molecule has 180 valence electrons. The van der Waals surface area contributed by atoms with Crippen molar-refractivity contribution in [2.45, 2.75) is 31.5 Å². The number of benzene rings is 4. The van der Waals surface area contributed by atoms with E-state index >= 15 is 0 Å². The van der Waals surface area contributed by atoms with Crippen LogP contribution in [0.1, 0.15) is 30.5 Å². The van der Waals surface area contributed by atoms with E-state index in [0.717, 1.165) is 33.2 Å². The van der Waals surface area contributed by atoms with Crippen molar-refractivity contribution in [1.29, 1.82) is 0 Å². The van der Waals surface area contributed by atoms with Gasteiger partial charge in [0.2, 0.25) is 5.72 Å². The third-order valence-corrected chi connectivity index (χ3v) is 7.52. The van der Waals surface area contributed by atoms with Crippen molar-refractivity contribution in [1.82, 2.24) is 0 Å². The van der Waals surface area contributed by atoms with Crippen molar-refractivity contribution in [2.24, 2.45) is 5.18 Å². The standard InChI is InChI=1S/C30H25FN2O3/c1-29(2)25-15-20-6-4-5-7-21(20)16-26(25)33(18-19-8-10-23(31)11-9-19)30(29)13-12-22-14-24(32-34)17-27(35-3)28(22)36-30/h4-17H,18H2,1-3H3. The second-order valence-corrected chi connectivity index (χ2v) is 9.84. The number of methoxy groups -OCH3 is 1. The molecule has 2 aliphatic rings. The molecule has 0 amide bonds. The maximum Gasteiger partial charge on any atom is 0.212 e. The molecular weight excluding hydrogens is 455 g/mol. The van der Waals surface area contributed by atoms with Crippen molar-refractivity contribution < 1.29 is 13.9 Å². The number of nitrogens with zero attached hydrogens (tertiary/aromatic N) is 2. The van der Waals surface area contributed by atoms with Crippen LogP contribution in [0.2, 0.25) is 0 Å². The van der Waals surface area contributed by atoms with Gasteiger partial charge in [-0.15, -0.1) is 4.91 Å². The lowest BCUT2D eigenvalue weighted by Crippen LogP contribution is -2.59. The molecule has 6 heteroatoms. The topological polar surface area (TPSA) is 51.1 Å². The van der Waals surface area contributed by atoms with E-state index in [1.165, 1.54) is 12.1 Å². The lowest BCUT2D eigenvalue weighted by atomic mass is 9.76. The van der Waals surface area contributed by atoms with Crippen LogP contribution in [-0.2, 0) is 12.0 Å². The lowest BCUT2D eigenvalue weighted by Gasteiger charge is -2.47. The summed E-state index contributed by atoms with van der Waals surface area (Å²) in [4.78, 5) is 13.5. The summed E-state index contributed by atoms with van der Waals surface area (Å²) in [5, 5.41) is 5.37. The smallest absolute Gasteiger partial charge is 0.212 e. The number of fused-ring (bicyclic) bond motifs is 3. The zero-order chi connectivity index (χ0) is 25.1. The highest BCUT2D eigenvalue weighted by Crippen LogP contribution is 2.57. The highest BCUT2D eigenvalue weighted by Gasteiger charge is 2.59. The minimum absolute atomic E-state index is 0.270. The molecule has 2 heterocycles. The van der Waals surface area contributed by atoms with Gasteiger partial charge in [-0.2, -0.15) is 0 Å². The van der Waals surface area contributed by atoms with Crippen molar-refractivity contribution >= 4 is 28.2 Å². The molecule has 0 radical (unpaired) electrons. The Morgan fingerprint density at radius 3 is 2.42 bits per heavy atom. The SMILES string of the molecule is COc1cc(N=O)cc2c1OC1(C=C2)N(Cc2ccc(F)cc2)c2cc3ccccc3cc2C1(C)C. The predicted octanol–water partition coefficient (Wildman–Crippen LogP) is 7.49. The molecule has 0 aliphatic carbocycles. The molecule has 2 aliphatic heterocycles. The molecule has 0 aromatic heterocycles. The van der Waals surface area contributed by atoms with Crippen molar-refractivity contribution in [3.05, 3.63) is 106 Å². The van der Waals surface area contributed by atoms with Gasteiger partial charge in [0.25, 0.3) is 0 Å². The van der Waals surface area contributed by atoms with Crippen LogP contribution in [0.25, 0.3) is 16.8 Å². The number of ether oxygens (including phenoxy) is 2. The molecule has 4 aromatic rings. The van der Waals surface area contributed by atoms with Crippen molar-refractivity contribution in [3.63, 3.8) is 0 Å². The van der Waals surface area contributed by atoms with Gasteiger partial charge in [-0.3, -0.25) is 0 Å². The third kappa shape index (κ3) is 3.14. The van der Waals surface area contributed by atoms with Gasteiger partial charge >= 0.3 is 0 Å². The van der Waals surface area contributed by atoms with Crippen LogP contribution in [0.4, 0.5) is 15.8 Å². The van der Waals surface area contributed by atoms with E-state index in [1.807, 2.05) is 18.2 Å². The largest absolute Gasteiger partial charge is 0.493 e. The summed E-state index contributed by atoms with van der Waals surface area (Å²) in [5.74, 6) is 0.736. The molecule has 1 atom stereocenters. The minimum Gasteiger partial charge on any atom is -0.493 e. The molecule has 4 aromatic carbocycles. The second-order valence-electron chi connectivity index (χ2n) is 9.84. The lowest BCUT2D eigenvalue weighted by molar-refractivity contribution is 0.0493. The van der Waals surface area contributed by atoms with Crippen LogP contribution in [0.5, 0.6) is 11.5 Å². The van der Waals surface area contributed by atoms with E-state index < -0.39 is 11.1 Å². The maximum absolute atomic E-state index is 13.7. The Bertz CT molecular complexity index is 1540. The Hall–Kier alpha value is -4.19. The van der Waals surface area contributed by atoms with E-state index in [4.69, 9.17) is 9.47 Å². The molecule has 0 N–H and O–H groups in total. The molecule has 1 spiro atoms. The Balaban J connectivity index is 1.58. The average Bonchev–Trinajstić information content (AvgIpc) is 3.06. The van der Waals surface area contributed by atoms with E-state index in [9.17, 15) is 9.30 Å². The van der Waals surface area contributed by atoms with Gasteiger partial charge < -0.3 is 14.4 Å². The predicted molar refractivity (Wildman–Crippen MR) is 140 cm³/mol. The van der Waals surface area contributed by atoms with Gasteiger partial charge in [0.1, 0.15) is 11.5 Å². The molecule has 0 saturated heterocycles. The molecule has 0 saturated carbocycles. The molecule has 6 rings (SSSR count). The van der Waals surface area contributed by atoms with E-state index in [1.54, 1.807) is 31.4 Å². The van der Waals surface area contributed by atoms with Gasteiger partial charge in [0, 0.05) is 23.9 Å². The quantitative estimate of drug-likeness (QED) is 0.284. The minimum atomic E-state index is -0.905. The number of rotatable bonds is 4. The number of hydrogen-bond acceptors (Lipinski definition) is 5. The number of hydrogen-bond donors (Lipinski definition) is 0. The van der Waals surface area contributed by atoms with E-state index in [0.29, 0.717) is 18.0 Å². The first-order valence-corrected chi connectivity index (χ1v) is 11.9. The fourth-order valence-corrected chi connectivity index (χ4v) is 5.56. The molecule has 0 fully saturated rings. The fraction of sp³-hybridized carbons (Fsp3) is 0.200. The first-order valence-electron chi connectivity index (χ1n) is 11.9. The fourth-order valence-electron chi connectivity index (χ4n) is 5.56. The van der Waals surface area contributed by atoms with Gasteiger partial charge in [-0.1, -0.05) is 36.4 Å². The highest BCUT2D eigenvalue weighted by atomic mass is 19.1. The van der Waals surface area contributed by atoms with Crippen molar-refractivity contribution in [3.8, 4) is 11.5 Å². The summed E-state index contributed by atoms with van der Waals surface area (Å²) < 4.78 is 26.2. The Morgan fingerprint density at radius 1 is 1.00 bits per heavy atom. The number of halogens is 1. The summed E-state index contributed by atoms with van der Waals surface area (Å²) in [5.41, 5.74) is 2.79. The van der Waals surface area contributed by atoms with Crippen LogP contribution in [0.15, 0.2) is 84.0 Å². The normalized spacial score (nSPS) is 19.2. The molecule has 1 unspecified atom stereocenters. The molecule has 5 nitrogen and oxygen atoms in total. The summed E-state index contributed by atoms with van der Waals surface area (Å²) in [6, 6.07) is 22.6. The zero-order valence-electron chi connectivity index (χ0n) is 20.3. The van der Waals surface area contributed by atoms with Gasteiger partial charge in [-0.05, 0) is 83.4 Å². The molecular formula is C30H25FN2O3. The second kappa shape index (κ2) is 7.92. The van der Waals surface area contributed by atoms with E-state index in [-0.39, 0.29) is 11.5 Å². The summed E-state index contributed by atoms with van der Waals surface area (Å²) in [6.45, 7) is 4.86. The summed E-state index contributed by atoms with van der Waals surface area (Å²) >= 11 is 0. The zero-order valence-corrected chi connectivity index (χ0v) is 20.3. The van der Waals surface area contributed by atoms with E-state index in [2.05, 4.69) is 54.3 Å². The maximum atomic E-state index is 13.7. The number of nitroso groups, excluding NO2 is 1. The van der Waals surface area contributed by atoms with Gasteiger partial charge in [0.05, 0.1) is 12.5 Å². The van der Waals surface area contributed by atoms with Gasteiger partial charge in [-0.25, -0.2) is 4.39 Å². The first kappa shape index (κ1) is 22.3.